The zero-order chi connectivity index (χ0) is 6.97. The third kappa shape index (κ3) is 0.719. The molecule has 1 aromatic heterocycles. The van der Waals surface area contributed by atoms with Crippen LogP contribution >= 0.6 is 0 Å². The molecule has 1 aromatic rings. The van der Waals surface area contributed by atoms with E-state index in [4.69, 9.17) is 0 Å². The third-order valence-corrected chi connectivity index (χ3v) is 2.12. The number of nitrogens with zero attached hydrogens (tertiary/aromatic N) is 2. The van der Waals surface area contributed by atoms with Crippen molar-refractivity contribution in [3.63, 3.8) is 0 Å². The topological polar surface area (TPSA) is 25.8 Å². The van der Waals surface area contributed by atoms with Gasteiger partial charge in [0.15, 0.2) is 6.33 Å². The standard InChI is InChI=1S/C8H9N2/c1-6-2-3-8-7(6)4-9-5-10-8/h4,6H,2-3H2,1H3. The van der Waals surface area contributed by atoms with Crippen LogP contribution in [0, 0.1) is 6.33 Å². The second kappa shape index (κ2) is 2.04. The predicted octanol–water partition coefficient (Wildman–Crippen LogP) is 1.33. The number of hydrogen-bond donors (Lipinski definition) is 0. The summed E-state index contributed by atoms with van der Waals surface area (Å²) in [6.45, 7) is 2.22. The Kier molecular flexibility index (Phi) is 1.19. The molecule has 0 aromatic carbocycles. The molecular formula is C8H9N2. The van der Waals surface area contributed by atoms with Gasteiger partial charge in [0.05, 0.1) is 0 Å². The molecule has 2 heteroatoms. The van der Waals surface area contributed by atoms with E-state index >= 15 is 0 Å². The van der Waals surface area contributed by atoms with E-state index in [9.17, 15) is 0 Å². The van der Waals surface area contributed by atoms with E-state index in [1.54, 1.807) is 0 Å². The fourth-order valence-corrected chi connectivity index (χ4v) is 1.45. The fraction of sp³-hybridized carbons (Fsp3) is 0.500. The minimum absolute atomic E-state index is 0.657. The highest BCUT2D eigenvalue weighted by molar-refractivity contribution is 5.25. The first kappa shape index (κ1) is 5.83. The molecule has 0 fully saturated rings. The van der Waals surface area contributed by atoms with E-state index in [0.29, 0.717) is 5.92 Å². The summed E-state index contributed by atoms with van der Waals surface area (Å²) in [4.78, 5) is 7.94. The second-order valence-electron chi connectivity index (χ2n) is 2.81. The minimum atomic E-state index is 0.657. The van der Waals surface area contributed by atoms with Crippen molar-refractivity contribution in [3.05, 3.63) is 23.8 Å². The molecule has 1 aliphatic carbocycles. The number of aromatic nitrogens is 2. The lowest BCUT2D eigenvalue weighted by Crippen LogP contribution is -1.90. The van der Waals surface area contributed by atoms with Crippen LogP contribution in [0.3, 0.4) is 0 Å². The SMILES string of the molecule is CC1CCc2n[c]ncc21. The molecule has 0 spiro atoms. The molecule has 10 heavy (non-hydrogen) atoms. The van der Waals surface area contributed by atoms with Gasteiger partial charge in [-0.1, -0.05) is 6.92 Å². The monoisotopic (exact) mass is 133 g/mol. The molecule has 51 valence electrons. The van der Waals surface area contributed by atoms with Crippen molar-refractivity contribution in [1.29, 1.82) is 0 Å². The molecule has 0 aliphatic heterocycles. The molecule has 0 bridgehead atoms. The third-order valence-electron chi connectivity index (χ3n) is 2.12. The van der Waals surface area contributed by atoms with E-state index in [2.05, 4.69) is 23.2 Å². The van der Waals surface area contributed by atoms with Crippen LogP contribution in [0.15, 0.2) is 6.20 Å². The molecule has 1 aliphatic rings. The van der Waals surface area contributed by atoms with Gasteiger partial charge in [0.25, 0.3) is 0 Å². The second-order valence-corrected chi connectivity index (χ2v) is 2.81. The normalized spacial score (nSPS) is 22.7. The van der Waals surface area contributed by atoms with Crippen LogP contribution in [0.2, 0.25) is 0 Å². The minimum Gasteiger partial charge on any atom is -0.233 e. The predicted molar refractivity (Wildman–Crippen MR) is 37.6 cm³/mol. The highest BCUT2D eigenvalue weighted by atomic mass is 14.8. The van der Waals surface area contributed by atoms with Crippen molar-refractivity contribution >= 4 is 0 Å². The fourth-order valence-electron chi connectivity index (χ4n) is 1.45. The van der Waals surface area contributed by atoms with Crippen LogP contribution in [0.25, 0.3) is 0 Å². The summed E-state index contributed by atoms with van der Waals surface area (Å²) < 4.78 is 0. The Morgan fingerprint density at radius 3 is 3.40 bits per heavy atom. The maximum Gasteiger partial charge on any atom is 0.197 e. The van der Waals surface area contributed by atoms with Gasteiger partial charge in [-0.3, -0.25) is 0 Å². The molecule has 1 unspecified atom stereocenters. The van der Waals surface area contributed by atoms with E-state index < -0.39 is 0 Å². The number of hydrogen-bond acceptors (Lipinski definition) is 2. The van der Waals surface area contributed by atoms with Crippen LogP contribution < -0.4 is 0 Å². The van der Waals surface area contributed by atoms with Crippen LogP contribution in [0.5, 0.6) is 0 Å². The van der Waals surface area contributed by atoms with Crippen LogP contribution in [-0.2, 0) is 6.42 Å². The van der Waals surface area contributed by atoms with Crippen molar-refractivity contribution < 1.29 is 0 Å². The van der Waals surface area contributed by atoms with E-state index in [0.717, 1.165) is 6.42 Å². The largest absolute Gasteiger partial charge is 0.233 e. The Morgan fingerprint density at radius 1 is 1.70 bits per heavy atom. The van der Waals surface area contributed by atoms with Gasteiger partial charge in [-0.15, -0.1) is 0 Å². The lowest BCUT2D eigenvalue weighted by atomic mass is 10.1. The summed E-state index contributed by atoms with van der Waals surface area (Å²) in [5.74, 6) is 0.657. The first-order valence-electron chi connectivity index (χ1n) is 3.60. The zero-order valence-corrected chi connectivity index (χ0v) is 5.96. The highest BCUT2D eigenvalue weighted by Crippen LogP contribution is 2.29. The molecule has 1 heterocycles. The maximum absolute atomic E-state index is 4.07. The quantitative estimate of drug-likeness (QED) is 0.533. The summed E-state index contributed by atoms with van der Waals surface area (Å²) in [5, 5.41) is 0. The summed E-state index contributed by atoms with van der Waals surface area (Å²) in [6, 6.07) is 0. The number of rotatable bonds is 0. The van der Waals surface area contributed by atoms with Crippen molar-refractivity contribution in [2.75, 3.05) is 0 Å². The lowest BCUT2D eigenvalue weighted by molar-refractivity contribution is 0.745. The lowest BCUT2D eigenvalue weighted by Gasteiger charge is -1.99. The zero-order valence-electron chi connectivity index (χ0n) is 5.96. The molecule has 2 nitrogen and oxygen atoms in total. The highest BCUT2D eigenvalue weighted by Gasteiger charge is 2.18. The first-order valence-corrected chi connectivity index (χ1v) is 3.60. The van der Waals surface area contributed by atoms with Gasteiger partial charge >= 0.3 is 0 Å². The van der Waals surface area contributed by atoms with Gasteiger partial charge in [0.2, 0.25) is 0 Å². The molecular weight excluding hydrogens is 124 g/mol. The Balaban J connectivity index is 2.51. The van der Waals surface area contributed by atoms with E-state index in [1.165, 1.54) is 17.7 Å². The van der Waals surface area contributed by atoms with Crippen molar-refractivity contribution in [1.82, 2.24) is 9.97 Å². The van der Waals surface area contributed by atoms with E-state index in [-0.39, 0.29) is 0 Å². The van der Waals surface area contributed by atoms with E-state index in [1.807, 2.05) is 6.20 Å². The Labute approximate surface area is 60.3 Å². The van der Waals surface area contributed by atoms with Gasteiger partial charge in [-0.2, -0.15) is 0 Å². The number of aryl methyl sites for hydroxylation is 1. The molecule has 0 N–H and O–H groups in total. The molecule has 1 atom stereocenters. The Morgan fingerprint density at radius 2 is 2.60 bits per heavy atom. The molecule has 0 amide bonds. The molecule has 1 radical (unpaired) electrons. The van der Waals surface area contributed by atoms with Gasteiger partial charge in [0.1, 0.15) is 0 Å². The van der Waals surface area contributed by atoms with Gasteiger partial charge < -0.3 is 0 Å². The smallest absolute Gasteiger partial charge is 0.197 e. The first-order chi connectivity index (χ1) is 4.88. The average Bonchev–Trinajstić information content (AvgIpc) is 2.34. The van der Waals surface area contributed by atoms with Gasteiger partial charge in [0, 0.05) is 11.9 Å². The van der Waals surface area contributed by atoms with Crippen LogP contribution in [0.1, 0.15) is 30.5 Å². The average molecular weight is 133 g/mol. The summed E-state index contributed by atoms with van der Waals surface area (Å²) in [7, 11) is 0. The Hall–Kier alpha value is -0.920. The van der Waals surface area contributed by atoms with Gasteiger partial charge in [-0.05, 0) is 24.3 Å². The molecule has 2 rings (SSSR count). The molecule has 0 saturated heterocycles. The van der Waals surface area contributed by atoms with Crippen molar-refractivity contribution in [3.8, 4) is 0 Å². The molecule has 0 saturated carbocycles. The van der Waals surface area contributed by atoms with Crippen molar-refractivity contribution in [2.45, 2.75) is 25.7 Å². The van der Waals surface area contributed by atoms with Crippen LogP contribution in [0.4, 0.5) is 0 Å². The van der Waals surface area contributed by atoms with Gasteiger partial charge in [-0.25, -0.2) is 9.97 Å². The summed E-state index contributed by atoms with van der Waals surface area (Å²) >= 11 is 0. The Bertz CT molecular complexity index is 245. The number of fused-ring (bicyclic) bond motifs is 1. The maximum atomic E-state index is 4.07. The summed E-state index contributed by atoms with van der Waals surface area (Å²) in [6.07, 6.45) is 6.83. The van der Waals surface area contributed by atoms with Crippen LogP contribution in [-0.4, -0.2) is 9.97 Å². The van der Waals surface area contributed by atoms with Crippen molar-refractivity contribution in [2.24, 2.45) is 0 Å². The summed E-state index contributed by atoms with van der Waals surface area (Å²) in [5.41, 5.74) is 2.52.